The van der Waals surface area contributed by atoms with E-state index in [9.17, 15) is 0 Å². The number of benzene rings is 3. The summed E-state index contributed by atoms with van der Waals surface area (Å²) in [6.07, 6.45) is 0. The number of rotatable bonds is 4. The maximum atomic E-state index is 6.18. The van der Waals surface area contributed by atoms with Gasteiger partial charge in [-0.25, -0.2) is 0 Å². The number of nitrogen functional groups attached to an aromatic ring is 1. The zero-order valence-corrected chi connectivity index (χ0v) is 12.7. The largest absolute Gasteiger partial charge is 0.492 e. The van der Waals surface area contributed by atoms with Crippen molar-refractivity contribution in [3.63, 3.8) is 0 Å². The van der Waals surface area contributed by atoms with Crippen LogP contribution in [0.25, 0.3) is 10.8 Å². The second kappa shape index (κ2) is 6.10. The highest BCUT2D eigenvalue weighted by Gasteiger charge is 2.07. The predicted octanol–water partition coefficient (Wildman–Crippen LogP) is 4.97. The van der Waals surface area contributed by atoms with Crippen LogP contribution in [0.5, 0.6) is 5.75 Å². The molecule has 0 saturated carbocycles. The van der Waals surface area contributed by atoms with Crippen LogP contribution in [0.3, 0.4) is 0 Å². The lowest BCUT2D eigenvalue weighted by Gasteiger charge is -2.11. The quantitative estimate of drug-likeness (QED) is 0.690. The molecule has 0 aromatic heterocycles. The fraction of sp³-hybridized carbons (Fsp3) is 0.111. The van der Waals surface area contributed by atoms with E-state index < -0.39 is 0 Å². The predicted molar refractivity (Wildman–Crippen MR) is 90.1 cm³/mol. The van der Waals surface area contributed by atoms with Gasteiger partial charge in [-0.05, 0) is 42.0 Å². The lowest BCUT2D eigenvalue weighted by atomic mass is 10.1. The topological polar surface area (TPSA) is 35.2 Å². The number of nitrogens with two attached hydrogens (primary N) is 1. The van der Waals surface area contributed by atoms with Crippen LogP contribution in [0.15, 0.2) is 70.5 Å². The van der Waals surface area contributed by atoms with Crippen LogP contribution >= 0.6 is 11.8 Å². The second-order valence-electron chi connectivity index (χ2n) is 4.71. The Bertz CT molecular complexity index is 770. The van der Waals surface area contributed by atoms with Crippen LogP contribution in [0.4, 0.5) is 5.69 Å². The van der Waals surface area contributed by atoms with Crippen LogP contribution in [-0.4, -0.2) is 6.61 Å². The monoisotopic (exact) mass is 295 g/mol. The molecule has 21 heavy (non-hydrogen) atoms. The Morgan fingerprint density at radius 2 is 1.76 bits per heavy atom. The van der Waals surface area contributed by atoms with Crippen molar-refractivity contribution >= 4 is 28.2 Å². The minimum absolute atomic E-state index is 0.619. The van der Waals surface area contributed by atoms with Crippen molar-refractivity contribution in [3.05, 3.63) is 60.7 Å². The van der Waals surface area contributed by atoms with E-state index in [-0.39, 0.29) is 0 Å². The van der Waals surface area contributed by atoms with E-state index >= 15 is 0 Å². The summed E-state index contributed by atoms with van der Waals surface area (Å²) in [6.45, 7) is 2.58. The molecule has 0 atom stereocenters. The van der Waals surface area contributed by atoms with Crippen LogP contribution in [0, 0.1) is 0 Å². The molecule has 0 amide bonds. The second-order valence-corrected chi connectivity index (χ2v) is 5.83. The SMILES string of the molecule is CCOc1cccc(Sc2ccc3ccccc3c2)c1N. The molecule has 0 heterocycles. The lowest BCUT2D eigenvalue weighted by molar-refractivity contribution is 0.341. The number of fused-ring (bicyclic) bond motifs is 1. The van der Waals surface area contributed by atoms with Gasteiger partial charge in [-0.2, -0.15) is 0 Å². The third-order valence-corrected chi connectivity index (χ3v) is 4.34. The first-order valence-corrected chi connectivity index (χ1v) is 7.77. The fourth-order valence-electron chi connectivity index (χ4n) is 2.25. The Labute approximate surface area is 128 Å². The van der Waals surface area contributed by atoms with Gasteiger partial charge in [0.05, 0.1) is 12.3 Å². The van der Waals surface area contributed by atoms with E-state index in [4.69, 9.17) is 10.5 Å². The zero-order chi connectivity index (χ0) is 14.7. The summed E-state index contributed by atoms with van der Waals surface area (Å²) in [5.41, 5.74) is 6.89. The summed E-state index contributed by atoms with van der Waals surface area (Å²) in [5.74, 6) is 0.753. The fourth-order valence-corrected chi connectivity index (χ4v) is 3.19. The molecule has 0 saturated heterocycles. The van der Waals surface area contributed by atoms with Crippen molar-refractivity contribution in [2.45, 2.75) is 16.7 Å². The van der Waals surface area contributed by atoms with Crippen LogP contribution in [-0.2, 0) is 0 Å². The van der Waals surface area contributed by atoms with Crippen molar-refractivity contribution < 1.29 is 4.74 Å². The molecule has 2 N–H and O–H groups in total. The molecule has 0 unspecified atom stereocenters. The van der Waals surface area contributed by atoms with E-state index in [0.717, 1.165) is 10.6 Å². The Morgan fingerprint density at radius 1 is 0.952 bits per heavy atom. The van der Waals surface area contributed by atoms with Crippen molar-refractivity contribution in [1.29, 1.82) is 0 Å². The molecule has 3 aromatic carbocycles. The first kappa shape index (κ1) is 13.8. The number of para-hydroxylation sites is 1. The molecule has 0 fully saturated rings. The van der Waals surface area contributed by atoms with Crippen LogP contribution < -0.4 is 10.5 Å². The minimum Gasteiger partial charge on any atom is -0.492 e. The molecule has 3 rings (SSSR count). The summed E-state index contributed by atoms with van der Waals surface area (Å²) in [4.78, 5) is 2.20. The Balaban J connectivity index is 1.93. The van der Waals surface area contributed by atoms with Gasteiger partial charge in [0.25, 0.3) is 0 Å². The van der Waals surface area contributed by atoms with E-state index in [1.807, 2.05) is 25.1 Å². The van der Waals surface area contributed by atoms with Crippen molar-refractivity contribution in [2.75, 3.05) is 12.3 Å². The standard InChI is InChI=1S/C18H17NOS/c1-2-20-16-8-5-9-17(18(16)19)21-15-11-10-13-6-3-4-7-14(13)12-15/h3-12H,2,19H2,1H3. The lowest BCUT2D eigenvalue weighted by Crippen LogP contribution is -1.97. The summed E-state index contributed by atoms with van der Waals surface area (Å²) < 4.78 is 5.55. The molecule has 3 heteroatoms. The highest BCUT2D eigenvalue weighted by molar-refractivity contribution is 7.99. The smallest absolute Gasteiger partial charge is 0.143 e. The van der Waals surface area contributed by atoms with Crippen LogP contribution in [0.2, 0.25) is 0 Å². The first-order valence-electron chi connectivity index (χ1n) is 6.96. The van der Waals surface area contributed by atoms with Gasteiger partial charge in [0, 0.05) is 9.79 Å². The minimum atomic E-state index is 0.619. The molecule has 2 nitrogen and oxygen atoms in total. The van der Waals surface area contributed by atoms with Crippen molar-refractivity contribution in [2.24, 2.45) is 0 Å². The summed E-state index contributed by atoms with van der Waals surface area (Å²) in [6, 6.07) is 20.7. The average molecular weight is 295 g/mol. The molecule has 0 aliphatic carbocycles. The maximum Gasteiger partial charge on any atom is 0.143 e. The number of hydrogen-bond acceptors (Lipinski definition) is 3. The zero-order valence-electron chi connectivity index (χ0n) is 11.9. The summed E-state index contributed by atoms with van der Waals surface area (Å²) in [7, 11) is 0. The van der Waals surface area contributed by atoms with Gasteiger partial charge in [-0.3, -0.25) is 0 Å². The third-order valence-electron chi connectivity index (χ3n) is 3.27. The average Bonchev–Trinajstić information content (AvgIpc) is 2.51. The van der Waals surface area contributed by atoms with Crippen molar-refractivity contribution in [1.82, 2.24) is 0 Å². The molecule has 0 spiro atoms. The molecule has 0 aliphatic heterocycles. The van der Waals surface area contributed by atoms with Gasteiger partial charge in [0.2, 0.25) is 0 Å². The third kappa shape index (κ3) is 2.98. The number of anilines is 1. The normalized spacial score (nSPS) is 10.7. The van der Waals surface area contributed by atoms with Crippen LogP contribution in [0.1, 0.15) is 6.92 Å². The molecular weight excluding hydrogens is 278 g/mol. The van der Waals surface area contributed by atoms with E-state index in [0.29, 0.717) is 12.3 Å². The highest BCUT2D eigenvalue weighted by Crippen LogP contribution is 2.37. The van der Waals surface area contributed by atoms with Gasteiger partial charge in [0.15, 0.2) is 0 Å². The van der Waals surface area contributed by atoms with Gasteiger partial charge in [-0.1, -0.05) is 48.2 Å². The Morgan fingerprint density at radius 3 is 2.57 bits per heavy atom. The number of hydrogen-bond donors (Lipinski definition) is 1. The summed E-state index contributed by atoms with van der Waals surface area (Å²) in [5, 5.41) is 2.49. The van der Waals surface area contributed by atoms with Gasteiger partial charge < -0.3 is 10.5 Å². The van der Waals surface area contributed by atoms with Gasteiger partial charge >= 0.3 is 0 Å². The Kier molecular flexibility index (Phi) is 4.02. The molecule has 0 aliphatic rings. The molecule has 3 aromatic rings. The van der Waals surface area contributed by atoms with E-state index in [2.05, 4.69) is 42.5 Å². The molecule has 106 valence electrons. The molecular formula is C18H17NOS. The van der Waals surface area contributed by atoms with Gasteiger partial charge in [-0.15, -0.1) is 0 Å². The maximum absolute atomic E-state index is 6.18. The van der Waals surface area contributed by atoms with Crippen molar-refractivity contribution in [3.8, 4) is 5.75 Å². The number of ether oxygens (including phenoxy) is 1. The highest BCUT2D eigenvalue weighted by atomic mass is 32.2. The molecule has 0 radical (unpaired) electrons. The molecule has 0 bridgehead atoms. The van der Waals surface area contributed by atoms with Gasteiger partial charge in [0.1, 0.15) is 5.75 Å². The first-order chi connectivity index (χ1) is 10.3. The Hall–Kier alpha value is -2.13. The van der Waals surface area contributed by atoms with E-state index in [1.54, 1.807) is 11.8 Å². The summed E-state index contributed by atoms with van der Waals surface area (Å²) >= 11 is 1.66. The van der Waals surface area contributed by atoms with E-state index in [1.165, 1.54) is 15.7 Å².